The Morgan fingerprint density at radius 2 is 2.00 bits per heavy atom. The van der Waals surface area contributed by atoms with Crippen molar-refractivity contribution < 1.29 is 18.7 Å². The summed E-state index contributed by atoms with van der Waals surface area (Å²) >= 11 is 9.76. The van der Waals surface area contributed by atoms with Gasteiger partial charge in [0.15, 0.2) is 6.10 Å². The zero-order chi connectivity index (χ0) is 22.4. The number of allylic oxidation sites excluding steroid dienone is 1. The summed E-state index contributed by atoms with van der Waals surface area (Å²) in [5, 5.41) is 7.22. The van der Waals surface area contributed by atoms with Crippen molar-refractivity contribution in [3.63, 3.8) is 0 Å². The van der Waals surface area contributed by atoms with Gasteiger partial charge in [-0.05, 0) is 44.2 Å². The van der Waals surface area contributed by atoms with Crippen LogP contribution in [0.15, 0.2) is 17.3 Å². The lowest BCUT2D eigenvalue weighted by Gasteiger charge is -2.37. The van der Waals surface area contributed by atoms with Gasteiger partial charge in [-0.15, -0.1) is 0 Å². The maximum atomic E-state index is 14.6. The Balaban J connectivity index is 0.000000721. The first-order valence-electron chi connectivity index (χ1n) is 9.92. The van der Waals surface area contributed by atoms with Crippen molar-refractivity contribution in [2.24, 2.45) is 5.92 Å². The molecule has 1 fully saturated rings. The molecule has 1 aromatic rings. The molecule has 2 heterocycles. The number of hydrogen-bond donors (Lipinski definition) is 1. The fourth-order valence-corrected chi connectivity index (χ4v) is 3.21. The van der Waals surface area contributed by atoms with Crippen LogP contribution in [0.5, 0.6) is 5.75 Å². The highest BCUT2D eigenvalue weighted by molar-refractivity contribution is 9.09. The van der Waals surface area contributed by atoms with Gasteiger partial charge in [0, 0.05) is 30.0 Å². The Bertz CT molecular complexity index is 819. The van der Waals surface area contributed by atoms with E-state index in [2.05, 4.69) is 35.1 Å². The number of carbonyl (C=O) groups excluding carboxylic acids is 2. The summed E-state index contributed by atoms with van der Waals surface area (Å²) in [6, 6.07) is 2.74. The van der Waals surface area contributed by atoms with Crippen molar-refractivity contribution >= 4 is 51.1 Å². The molecule has 0 saturated carbocycles. The number of hydrazine groups is 1. The quantitative estimate of drug-likeness (QED) is 0.318. The van der Waals surface area contributed by atoms with Gasteiger partial charge in [-0.25, -0.2) is 4.39 Å². The summed E-state index contributed by atoms with van der Waals surface area (Å²) in [6.45, 7) is 8.78. The Morgan fingerprint density at radius 3 is 2.58 bits per heavy atom. The zero-order valence-electron chi connectivity index (χ0n) is 17.7. The van der Waals surface area contributed by atoms with Crippen molar-refractivity contribution in [2.75, 3.05) is 23.7 Å². The highest BCUT2D eigenvalue weighted by Crippen LogP contribution is 2.36. The van der Waals surface area contributed by atoms with E-state index in [9.17, 15) is 14.0 Å². The van der Waals surface area contributed by atoms with Crippen molar-refractivity contribution in [2.45, 2.75) is 54.1 Å². The van der Waals surface area contributed by atoms with Gasteiger partial charge in [0.05, 0.1) is 5.69 Å². The second-order valence-corrected chi connectivity index (χ2v) is 8.65. The van der Waals surface area contributed by atoms with Crippen molar-refractivity contribution in [3.05, 3.63) is 28.7 Å². The Kier molecular flexibility index (Phi) is 10.8. The fraction of sp³-hybridized carbons (Fsp3) is 0.545. The molecule has 0 spiro atoms. The van der Waals surface area contributed by atoms with E-state index in [-0.39, 0.29) is 29.8 Å². The minimum atomic E-state index is -0.674. The first kappa shape index (κ1) is 27.2. The third-order valence-electron chi connectivity index (χ3n) is 4.69. The van der Waals surface area contributed by atoms with Crippen LogP contribution in [0.25, 0.3) is 5.57 Å². The molecule has 9 heteroatoms. The minimum absolute atomic E-state index is 0. The van der Waals surface area contributed by atoms with Gasteiger partial charge in [-0.3, -0.25) is 19.6 Å². The predicted octanol–water partition coefficient (Wildman–Crippen LogP) is 5.62. The van der Waals surface area contributed by atoms with Crippen LogP contribution in [-0.2, 0) is 9.59 Å². The van der Waals surface area contributed by atoms with Crippen LogP contribution in [0.2, 0.25) is 0 Å². The lowest BCUT2D eigenvalue weighted by Crippen LogP contribution is -2.44. The summed E-state index contributed by atoms with van der Waals surface area (Å²) in [6.07, 6.45) is 1.83. The molecular formula is C22H32BrClFN3O3. The average molecular weight is 521 g/mol. The number of nitrogens with one attached hydrogen (secondary N) is 1. The van der Waals surface area contributed by atoms with E-state index in [1.807, 2.05) is 0 Å². The zero-order valence-corrected chi connectivity index (χ0v) is 20.0. The number of carbonyl (C=O) groups is 2. The molecule has 2 aliphatic heterocycles. The van der Waals surface area contributed by atoms with Gasteiger partial charge >= 0.3 is 0 Å². The summed E-state index contributed by atoms with van der Waals surface area (Å²) in [7, 11) is 0. The number of rotatable bonds is 4. The number of ether oxygens (including phenoxy) is 1. The predicted molar refractivity (Wildman–Crippen MR) is 128 cm³/mol. The third-order valence-corrected chi connectivity index (χ3v) is 6.46. The molecule has 3 rings (SSSR count). The smallest absolute Gasteiger partial charge is 0.265 e. The van der Waals surface area contributed by atoms with E-state index in [0.717, 1.165) is 24.1 Å². The number of amides is 2. The molecular weight excluding hydrogens is 489 g/mol. The highest BCUT2D eigenvalue weighted by Gasteiger charge is 2.27. The molecule has 2 aliphatic rings. The normalized spacial score (nSPS) is 18.6. The highest BCUT2D eigenvalue weighted by atomic mass is 79.9. The number of fused-ring (bicyclic) bond motifs is 1. The van der Waals surface area contributed by atoms with E-state index in [1.54, 1.807) is 18.9 Å². The van der Waals surface area contributed by atoms with E-state index >= 15 is 0 Å². The topological polar surface area (TPSA) is 61.9 Å². The molecule has 1 saturated heterocycles. The van der Waals surface area contributed by atoms with Crippen LogP contribution in [-0.4, -0.2) is 46.9 Å². The van der Waals surface area contributed by atoms with Crippen LogP contribution < -0.4 is 10.1 Å². The first-order chi connectivity index (χ1) is 14.2. The Morgan fingerprint density at radius 1 is 1.39 bits per heavy atom. The number of benzene rings is 1. The largest absolute Gasteiger partial charge is 0.479 e. The van der Waals surface area contributed by atoms with E-state index in [0.29, 0.717) is 30.8 Å². The molecule has 1 aromatic carbocycles. The second kappa shape index (κ2) is 12.3. The Labute approximate surface area is 197 Å². The molecule has 0 aliphatic carbocycles. The molecule has 0 radical (unpaired) electrons. The maximum absolute atomic E-state index is 14.6. The van der Waals surface area contributed by atoms with Gasteiger partial charge in [0.1, 0.15) is 16.7 Å². The SMILES string of the molecule is C.C/C(=C(/Cl)N1CCCCN1C=O)c1cc2c(cc1F)OC(C)C(=O)N2.CC(C)CBr. The minimum Gasteiger partial charge on any atom is -0.479 e. The molecule has 2 amide bonds. The summed E-state index contributed by atoms with van der Waals surface area (Å²) < 4.78 is 20.0. The lowest BCUT2D eigenvalue weighted by atomic mass is 10.0. The lowest BCUT2D eigenvalue weighted by molar-refractivity contribution is -0.133. The monoisotopic (exact) mass is 519 g/mol. The number of alkyl halides is 1. The Hall–Kier alpha value is -1.80. The van der Waals surface area contributed by atoms with E-state index in [4.69, 9.17) is 16.3 Å². The average Bonchev–Trinajstić information content (AvgIpc) is 2.74. The molecule has 1 atom stereocenters. The maximum Gasteiger partial charge on any atom is 0.265 e. The van der Waals surface area contributed by atoms with Crippen LogP contribution >= 0.6 is 27.5 Å². The van der Waals surface area contributed by atoms with E-state index < -0.39 is 11.9 Å². The summed E-state index contributed by atoms with van der Waals surface area (Å²) in [5.41, 5.74) is 1.12. The van der Waals surface area contributed by atoms with Gasteiger partial charge < -0.3 is 10.1 Å². The summed E-state index contributed by atoms with van der Waals surface area (Å²) in [5.74, 6) is 0.285. The van der Waals surface area contributed by atoms with Crippen LogP contribution in [0, 0.1) is 11.7 Å². The van der Waals surface area contributed by atoms with Gasteiger partial charge in [-0.2, -0.15) is 0 Å². The van der Waals surface area contributed by atoms with Crippen LogP contribution in [0.3, 0.4) is 0 Å². The van der Waals surface area contributed by atoms with Crippen molar-refractivity contribution in [3.8, 4) is 5.75 Å². The number of hydrogen-bond acceptors (Lipinski definition) is 4. The van der Waals surface area contributed by atoms with Crippen LogP contribution in [0.4, 0.5) is 10.1 Å². The van der Waals surface area contributed by atoms with Crippen molar-refractivity contribution in [1.82, 2.24) is 10.0 Å². The standard InChI is InChI=1S/C17H19ClFN3O3.C4H9Br.CH4/c1-10(16(18)22-6-4-3-5-21(22)9-23)12-7-14-15(8-13(12)19)25-11(2)17(24)20-14;1-4(2)3-5;/h7-9,11H,3-6H2,1-2H3,(H,20,24);4H,3H2,1-2H3;1H4/b16-10+;;. The van der Waals surface area contributed by atoms with Crippen LogP contribution in [0.1, 0.15) is 53.5 Å². The molecule has 0 aromatic heterocycles. The number of nitrogens with zero attached hydrogens (tertiary/aromatic N) is 2. The van der Waals surface area contributed by atoms with Crippen molar-refractivity contribution in [1.29, 1.82) is 0 Å². The molecule has 1 unspecified atom stereocenters. The molecule has 174 valence electrons. The molecule has 1 N–H and O–H groups in total. The first-order valence-corrected chi connectivity index (χ1v) is 11.4. The van der Waals surface area contributed by atoms with Gasteiger partial charge in [0.2, 0.25) is 6.41 Å². The second-order valence-electron chi connectivity index (χ2n) is 7.64. The van der Waals surface area contributed by atoms with Gasteiger partial charge in [-0.1, -0.05) is 48.8 Å². The van der Waals surface area contributed by atoms with E-state index in [1.165, 1.54) is 17.1 Å². The number of anilines is 1. The van der Waals surface area contributed by atoms with Gasteiger partial charge in [0.25, 0.3) is 5.91 Å². The fourth-order valence-electron chi connectivity index (χ4n) is 2.93. The summed E-state index contributed by atoms with van der Waals surface area (Å²) in [4.78, 5) is 23.0. The molecule has 0 bridgehead atoms. The molecule has 31 heavy (non-hydrogen) atoms. The third kappa shape index (κ3) is 6.84. The molecule has 6 nitrogen and oxygen atoms in total. The number of halogens is 3.